The molecule has 0 fully saturated rings. The molecule has 0 saturated carbocycles. The largest absolute Gasteiger partial charge is 0.621 e. The van der Waals surface area contributed by atoms with E-state index in [1.807, 2.05) is 0 Å². The zero-order valence-electron chi connectivity index (χ0n) is 4.88. The summed E-state index contributed by atoms with van der Waals surface area (Å²) in [6.07, 6.45) is 1.25. The van der Waals surface area contributed by atoms with Gasteiger partial charge in [0.05, 0.1) is 0 Å². The summed E-state index contributed by atoms with van der Waals surface area (Å²) in [4.78, 5) is 0. The molecule has 6 N–H and O–H groups in total. The summed E-state index contributed by atoms with van der Waals surface area (Å²) in [5, 5.41) is 38.0. The van der Waals surface area contributed by atoms with Gasteiger partial charge in [0.15, 0.2) is 6.19 Å². The van der Waals surface area contributed by atoms with Gasteiger partial charge in [0.2, 0.25) is 0 Å². The van der Waals surface area contributed by atoms with E-state index in [0.29, 0.717) is 0 Å². The molecule has 0 aromatic carbocycles. The highest BCUT2D eigenvalue weighted by atomic mass is 16.7. The van der Waals surface area contributed by atoms with Crippen LogP contribution in [0.2, 0.25) is 0 Å². The SMILES string of the molecule is N#CN.OB(O)OB(O)O. The Balaban J connectivity index is 0. The van der Waals surface area contributed by atoms with E-state index in [1.54, 1.807) is 0 Å². The molecule has 0 aromatic rings. The van der Waals surface area contributed by atoms with Crippen LogP contribution in [0.15, 0.2) is 0 Å². The fourth-order valence-electron chi connectivity index (χ4n) is 0.109. The monoisotopic (exact) mass is 148 g/mol. The molecule has 10 heavy (non-hydrogen) atoms. The minimum Gasteiger partial charge on any atom is -0.402 e. The molecule has 0 amide bonds. The molecular formula is CH6B2N2O5. The average molecular weight is 148 g/mol. The Hall–Kier alpha value is -0.780. The Labute approximate surface area is 57.6 Å². The van der Waals surface area contributed by atoms with Gasteiger partial charge >= 0.3 is 14.6 Å². The van der Waals surface area contributed by atoms with Gasteiger partial charge in [-0.15, -0.1) is 0 Å². The lowest BCUT2D eigenvalue weighted by molar-refractivity contribution is 0.213. The Kier molecular flexibility index (Phi) is 9.82. The van der Waals surface area contributed by atoms with Gasteiger partial charge in [0, 0.05) is 0 Å². The zero-order chi connectivity index (χ0) is 8.57. The molecule has 0 atom stereocenters. The van der Waals surface area contributed by atoms with Crippen molar-refractivity contribution in [3.63, 3.8) is 0 Å². The van der Waals surface area contributed by atoms with Crippen molar-refractivity contribution in [2.75, 3.05) is 0 Å². The van der Waals surface area contributed by atoms with Crippen LogP contribution in [0.1, 0.15) is 0 Å². The van der Waals surface area contributed by atoms with E-state index < -0.39 is 14.6 Å². The lowest BCUT2D eigenvalue weighted by Gasteiger charge is -1.95. The average Bonchev–Trinajstić information content (AvgIpc) is 1.62. The molecule has 0 saturated heterocycles. The van der Waals surface area contributed by atoms with Gasteiger partial charge in [0.1, 0.15) is 0 Å². The Morgan fingerprint density at radius 2 is 1.40 bits per heavy atom. The first-order valence-electron chi connectivity index (χ1n) is 2.02. The fourth-order valence-corrected chi connectivity index (χ4v) is 0.109. The van der Waals surface area contributed by atoms with E-state index >= 15 is 0 Å². The highest BCUT2D eigenvalue weighted by Gasteiger charge is 2.18. The maximum Gasteiger partial charge on any atom is 0.621 e. The minimum absolute atomic E-state index is 1.25. The van der Waals surface area contributed by atoms with E-state index in [4.69, 9.17) is 25.4 Å². The van der Waals surface area contributed by atoms with Gasteiger partial charge in [0.25, 0.3) is 0 Å². The van der Waals surface area contributed by atoms with Crippen molar-refractivity contribution in [3.05, 3.63) is 0 Å². The Bertz CT molecular complexity index is 94.3. The highest BCUT2D eigenvalue weighted by molar-refractivity contribution is 6.48. The van der Waals surface area contributed by atoms with Crippen LogP contribution in [-0.2, 0) is 4.57 Å². The Morgan fingerprint density at radius 3 is 1.40 bits per heavy atom. The van der Waals surface area contributed by atoms with Crippen molar-refractivity contribution < 1.29 is 24.7 Å². The third-order valence-electron chi connectivity index (χ3n) is 0.243. The van der Waals surface area contributed by atoms with E-state index in [9.17, 15) is 0 Å². The lowest BCUT2D eigenvalue weighted by Crippen LogP contribution is -2.28. The topological polar surface area (TPSA) is 140 Å². The summed E-state index contributed by atoms with van der Waals surface area (Å²) in [6.45, 7) is 0. The predicted octanol–water partition coefficient (Wildman–Crippen LogP) is -3.63. The van der Waals surface area contributed by atoms with Crippen LogP contribution < -0.4 is 5.73 Å². The molecule has 0 aliphatic heterocycles. The van der Waals surface area contributed by atoms with Gasteiger partial charge in [-0.05, 0) is 0 Å². The molecule has 0 rings (SSSR count). The molecule has 9 heteroatoms. The van der Waals surface area contributed by atoms with Crippen LogP contribution in [0.5, 0.6) is 0 Å². The summed E-state index contributed by atoms with van der Waals surface area (Å²) in [7, 11) is -4.25. The molecule has 7 nitrogen and oxygen atoms in total. The fraction of sp³-hybridized carbons (Fsp3) is 0. The summed E-state index contributed by atoms with van der Waals surface area (Å²) >= 11 is 0. The van der Waals surface area contributed by atoms with Gasteiger partial charge < -0.3 is 30.4 Å². The first kappa shape index (κ1) is 12.0. The van der Waals surface area contributed by atoms with Crippen molar-refractivity contribution >= 4 is 14.6 Å². The van der Waals surface area contributed by atoms with Crippen molar-refractivity contribution in [1.82, 2.24) is 0 Å². The summed E-state index contributed by atoms with van der Waals surface area (Å²) in [5.74, 6) is 0. The Morgan fingerprint density at radius 1 is 1.20 bits per heavy atom. The molecular weight excluding hydrogens is 142 g/mol. The second-order valence-corrected chi connectivity index (χ2v) is 0.918. The predicted molar refractivity (Wildman–Crippen MR) is 31.3 cm³/mol. The molecule has 0 aliphatic rings. The van der Waals surface area contributed by atoms with Crippen LogP contribution in [0.4, 0.5) is 0 Å². The maximum atomic E-state index is 7.74. The van der Waals surface area contributed by atoms with Gasteiger partial charge in [-0.3, -0.25) is 0 Å². The number of nitrogens with zero attached hydrogens (tertiary/aromatic N) is 1. The third kappa shape index (κ3) is 26.9. The third-order valence-corrected chi connectivity index (χ3v) is 0.243. The lowest BCUT2D eigenvalue weighted by atomic mass is 10.1. The van der Waals surface area contributed by atoms with Gasteiger partial charge in [-0.2, -0.15) is 5.26 Å². The molecule has 0 aromatic heterocycles. The van der Waals surface area contributed by atoms with Crippen LogP contribution in [0.3, 0.4) is 0 Å². The number of hydrogen-bond donors (Lipinski definition) is 5. The molecule has 0 heterocycles. The molecule has 0 aliphatic carbocycles. The number of hydrogen-bond acceptors (Lipinski definition) is 7. The summed E-state index contributed by atoms with van der Waals surface area (Å²) in [5.41, 5.74) is 4.15. The van der Waals surface area contributed by atoms with E-state index in [1.165, 1.54) is 6.19 Å². The molecule has 0 spiro atoms. The van der Waals surface area contributed by atoms with Crippen LogP contribution in [0.25, 0.3) is 0 Å². The van der Waals surface area contributed by atoms with Crippen molar-refractivity contribution in [3.8, 4) is 6.19 Å². The second kappa shape index (κ2) is 8.22. The van der Waals surface area contributed by atoms with Crippen molar-refractivity contribution in [1.29, 1.82) is 5.26 Å². The summed E-state index contributed by atoms with van der Waals surface area (Å²) < 4.78 is 3.47. The minimum atomic E-state index is -2.13. The highest BCUT2D eigenvalue weighted by Crippen LogP contribution is 1.73. The van der Waals surface area contributed by atoms with E-state index in [0.717, 1.165) is 0 Å². The second-order valence-electron chi connectivity index (χ2n) is 0.918. The normalized spacial score (nSPS) is 6.70. The van der Waals surface area contributed by atoms with E-state index in [2.05, 4.69) is 10.3 Å². The quantitative estimate of drug-likeness (QED) is 0.154. The van der Waals surface area contributed by atoms with Crippen molar-refractivity contribution in [2.45, 2.75) is 0 Å². The number of nitriles is 1. The maximum absolute atomic E-state index is 7.74. The number of nitrogens with two attached hydrogens (primary N) is 1. The first-order chi connectivity index (χ1) is 4.54. The zero-order valence-corrected chi connectivity index (χ0v) is 4.88. The summed E-state index contributed by atoms with van der Waals surface area (Å²) in [6, 6.07) is 0. The molecule has 0 radical (unpaired) electrons. The van der Waals surface area contributed by atoms with Crippen LogP contribution in [-0.4, -0.2) is 34.7 Å². The number of rotatable bonds is 2. The van der Waals surface area contributed by atoms with Crippen molar-refractivity contribution in [2.24, 2.45) is 5.73 Å². The molecule has 0 bridgehead atoms. The van der Waals surface area contributed by atoms with E-state index in [-0.39, 0.29) is 0 Å². The smallest absolute Gasteiger partial charge is 0.402 e. The van der Waals surface area contributed by atoms with Crippen LogP contribution >= 0.6 is 0 Å². The molecule has 56 valence electrons. The van der Waals surface area contributed by atoms with Gasteiger partial charge in [-0.1, -0.05) is 0 Å². The van der Waals surface area contributed by atoms with Gasteiger partial charge in [-0.25, -0.2) is 0 Å². The standard InChI is InChI=1S/CH2N2.B2H4O5/c2-1-3;3-1(4)7-2(5)6/h2H2;3-6H. The molecule has 0 unspecified atom stereocenters. The first-order valence-corrected chi connectivity index (χ1v) is 2.02. The van der Waals surface area contributed by atoms with Crippen LogP contribution in [0, 0.1) is 11.5 Å².